The number of methoxy groups -OCH3 is 1. The summed E-state index contributed by atoms with van der Waals surface area (Å²) in [6.45, 7) is 2.36. The predicted molar refractivity (Wildman–Crippen MR) is 121 cm³/mol. The molecule has 0 aromatic heterocycles. The minimum atomic E-state index is -1.09. The quantitative estimate of drug-likeness (QED) is 0.425. The van der Waals surface area contributed by atoms with Crippen molar-refractivity contribution >= 4 is 0 Å². The second-order valence-electron chi connectivity index (χ2n) is 9.31. The predicted octanol–water partition coefficient (Wildman–Crippen LogP) is 8.47. The van der Waals surface area contributed by atoms with Gasteiger partial charge in [-0.15, -0.1) is 0 Å². The van der Waals surface area contributed by atoms with Gasteiger partial charge in [-0.3, -0.25) is 4.39 Å². The lowest BCUT2D eigenvalue weighted by Gasteiger charge is -2.37. The highest BCUT2D eigenvalue weighted by Gasteiger charge is 2.30. The Hall–Kier alpha value is -2.04. The summed E-state index contributed by atoms with van der Waals surface area (Å²) in [6.07, 6.45) is 10.0. The van der Waals surface area contributed by atoms with Crippen molar-refractivity contribution in [3.05, 3.63) is 53.3 Å². The lowest BCUT2D eigenvalue weighted by atomic mass is 9.68. The van der Waals surface area contributed by atoms with E-state index < -0.39 is 17.5 Å². The molecule has 2 fully saturated rings. The van der Waals surface area contributed by atoms with Gasteiger partial charge < -0.3 is 4.74 Å². The van der Waals surface area contributed by atoms with Crippen LogP contribution in [0.25, 0.3) is 11.1 Å². The molecule has 176 valence electrons. The third-order valence-corrected chi connectivity index (χ3v) is 7.52. The van der Waals surface area contributed by atoms with Crippen LogP contribution in [0.4, 0.5) is 17.6 Å². The van der Waals surface area contributed by atoms with E-state index in [4.69, 9.17) is 4.74 Å². The smallest absolute Gasteiger partial charge is 0.201 e. The summed E-state index contributed by atoms with van der Waals surface area (Å²) >= 11 is 0. The van der Waals surface area contributed by atoms with Crippen LogP contribution in [0, 0.1) is 35.2 Å². The van der Waals surface area contributed by atoms with E-state index in [1.807, 2.05) is 6.07 Å². The first-order chi connectivity index (χ1) is 15.5. The van der Waals surface area contributed by atoms with Gasteiger partial charge in [0.05, 0.1) is 14.3 Å². The van der Waals surface area contributed by atoms with Crippen LogP contribution in [0.15, 0.2) is 30.3 Å². The van der Waals surface area contributed by atoms with Crippen molar-refractivity contribution in [1.29, 1.82) is 0 Å². The summed E-state index contributed by atoms with van der Waals surface area (Å²) in [7, 11) is 1.77. The number of halogens is 4. The molecule has 1 nitrogen and oxygen atoms in total. The largest absolute Gasteiger partial charge is 0.494 e. The minimum absolute atomic E-state index is 0.0763. The second kappa shape index (κ2) is 11.2. The first-order valence-electron chi connectivity index (χ1n) is 11.7. The molecule has 0 amide bonds. The fourth-order valence-electron chi connectivity index (χ4n) is 5.58. The molecular weight excluding hydrogens is 416 g/mol. The number of benzene rings is 2. The Morgan fingerprint density at radius 1 is 0.719 bits per heavy atom. The summed E-state index contributed by atoms with van der Waals surface area (Å²) in [6, 6.07) is 7.68. The highest BCUT2D eigenvalue weighted by Crippen LogP contribution is 2.44. The number of alkyl halides is 1. The Morgan fingerprint density at radius 3 is 1.84 bits per heavy atom. The molecule has 32 heavy (non-hydrogen) atoms. The van der Waals surface area contributed by atoms with E-state index in [9.17, 15) is 17.6 Å². The maximum Gasteiger partial charge on any atom is 0.201 e. The van der Waals surface area contributed by atoms with Crippen molar-refractivity contribution in [3.63, 3.8) is 0 Å². The van der Waals surface area contributed by atoms with Gasteiger partial charge in [-0.1, -0.05) is 31.9 Å². The highest BCUT2D eigenvalue weighted by molar-refractivity contribution is 5.66. The molecular formula is C27H34F4O. The van der Waals surface area contributed by atoms with Gasteiger partial charge in [-0.25, -0.2) is 8.78 Å². The third-order valence-electron chi connectivity index (χ3n) is 7.52. The van der Waals surface area contributed by atoms with E-state index in [2.05, 4.69) is 6.92 Å². The van der Waals surface area contributed by atoms with Gasteiger partial charge in [0, 0.05) is 11.1 Å². The van der Waals surface area contributed by atoms with Crippen LogP contribution >= 0.6 is 0 Å². The molecule has 2 aromatic carbocycles. The molecule has 0 radical (unpaired) electrons. The Balaban J connectivity index is 0.00000141. The molecule has 0 saturated heterocycles. The molecule has 4 rings (SSSR count). The lowest BCUT2D eigenvalue weighted by molar-refractivity contribution is 0.165. The normalized spacial score (nSPS) is 25.6. The van der Waals surface area contributed by atoms with E-state index >= 15 is 0 Å². The van der Waals surface area contributed by atoms with Crippen LogP contribution in [0.1, 0.15) is 69.8 Å². The summed E-state index contributed by atoms with van der Waals surface area (Å²) < 4.78 is 57.6. The molecule has 0 aliphatic heterocycles. The van der Waals surface area contributed by atoms with Crippen LogP contribution < -0.4 is 4.74 Å². The number of hydrogen-bond donors (Lipinski definition) is 0. The van der Waals surface area contributed by atoms with Crippen molar-refractivity contribution < 1.29 is 22.3 Å². The molecule has 2 saturated carbocycles. The zero-order chi connectivity index (χ0) is 23.3. The molecule has 0 atom stereocenters. The van der Waals surface area contributed by atoms with Gasteiger partial charge in [0.25, 0.3) is 0 Å². The van der Waals surface area contributed by atoms with Crippen molar-refractivity contribution in [1.82, 2.24) is 0 Å². The average molecular weight is 451 g/mol. The lowest BCUT2D eigenvalue weighted by Crippen LogP contribution is -2.24. The molecule has 2 aromatic rings. The monoisotopic (exact) mass is 450 g/mol. The Labute approximate surface area is 189 Å². The summed E-state index contributed by atoms with van der Waals surface area (Å²) in [5.74, 6) is 0.0605. The van der Waals surface area contributed by atoms with E-state index in [-0.39, 0.29) is 16.9 Å². The topological polar surface area (TPSA) is 9.23 Å². The molecule has 0 heterocycles. The van der Waals surface area contributed by atoms with Crippen LogP contribution in [-0.2, 0) is 0 Å². The molecule has 0 unspecified atom stereocenters. The number of hydrogen-bond acceptors (Lipinski definition) is 1. The molecule has 5 heteroatoms. The number of ether oxygens (including phenoxy) is 1. The fraction of sp³-hybridized carbons (Fsp3) is 0.556. The zero-order valence-corrected chi connectivity index (χ0v) is 19.3. The summed E-state index contributed by atoms with van der Waals surface area (Å²) in [5.41, 5.74) is 0.983. The second-order valence-corrected chi connectivity index (χ2v) is 9.31. The minimum Gasteiger partial charge on any atom is -0.494 e. The maximum absolute atomic E-state index is 14.9. The Bertz CT molecular complexity index is 881. The number of rotatable bonds is 4. The van der Waals surface area contributed by atoms with Gasteiger partial charge in [0.15, 0.2) is 11.6 Å². The van der Waals surface area contributed by atoms with E-state index in [0.717, 1.165) is 36.2 Å². The van der Waals surface area contributed by atoms with Gasteiger partial charge in [0.1, 0.15) is 5.82 Å². The summed E-state index contributed by atoms with van der Waals surface area (Å²) in [4.78, 5) is 0. The maximum atomic E-state index is 14.9. The SMILES string of the molecule is CF.COc1ccc(-c2ccc(C3CCC(C4CCC(C)CC4)CC3)cc2F)c(F)c1F. The van der Waals surface area contributed by atoms with Gasteiger partial charge >= 0.3 is 0 Å². The Morgan fingerprint density at radius 2 is 1.28 bits per heavy atom. The first-order valence-corrected chi connectivity index (χ1v) is 11.7. The summed E-state index contributed by atoms with van der Waals surface area (Å²) in [5, 5.41) is 0. The van der Waals surface area contributed by atoms with E-state index in [1.165, 1.54) is 63.8 Å². The highest BCUT2D eigenvalue weighted by atomic mass is 19.2. The molecule has 0 bridgehead atoms. The van der Waals surface area contributed by atoms with Crippen LogP contribution in [0.5, 0.6) is 5.75 Å². The van der Waals surface area contributed by atoms with E-state index in [1.54, 1.807) is 6.07 Å². The zero-order valence-electron chi connectivity index (χ0n) is 19.3. The standard InChI is InChI=1S/C26H31F3O.CH3F/c1-16-3-5-17(6-4-16)18-7-9-19(10-8-18)20-11-12-21(23(27)15-20)22-13-14-24(30-2)26(29)25(22)28;1-2/h11-19H,3-10H2,1-2H3;1H3. The third kappa shape index (κ3) is 5.29. The van der Waals surface area contributed by atoms with Crippen molar-refractivity contribution in [2.24, 2.45) is 17.8 Å². The molecule has 0 spiro atoms. The van der Waals surface area contributed by atoms with Gasteiger partial charge in [-0.05, 0) is 86.0 Å². The first kappa shape index (κ1) is 24.6. The van der Waals surface area contributed by atoms with Crippen molar-refractivity contribution in [3.8, 4) is 16.9 Å². The van der Waals surface area contributed by atoms with Crippen molar-refractivity contribution in [2.75, 3.05) is 14.3 Å². The Kier molecular flexibility index (Phi) is 8.61. The molecule has 0 N–H and O–H groups in total. The van der Waals surface area contributed by atoms with Crippen LogP contribution in [-0.4, -0.2) is 14.3 Å². The van der Waals surface area contributed by atoms with Crippen molar-refractivity contribution in [2.45, 2.75) is 64.2 Å². The van der Waals surface area contributed by atoms with Crippen LogP contribution in [0.3, 0.4) is 0 Å². The van der Waals surface area contributed by atoms with Gasteiger partial charge in [0.2, 0.25) is 5.82 Å². The van der Waals surface area contributed by atoms with E-state index in [0.29, 0.717) is 13.1 Å². The molecule has 2 aliphatic carbocycles. The average Bonchev–Trinajstić information content (AvgIpc) is 2.83. The molecule has 2 aliphatic rings. The van der Waals surface area contributed by atoms with Gasteiger partial charge in [-0.2, -0.15) is 4.39 Å². The van der Waals surface area contributed by atoms with Crippen LogP contribution in [0.2, 0.25) is 0 Å². The fourth-order valence-corrected chi connectivity index (χ4v) is 5.58.